The van der Waals surface area contributed by atoms with Crippen molar-refractivity contribution in [2.75, 3.05) is 18.8 Å². The minimum absolute atomic E-state index is 0.0309. The van der Waals surface area contributed by atoms with E-state index in [4.69, 9.17) is 5.73 Å². The van der Waals surface area contributed by atoms with Gasteiger partial charge in [0, 0.05) is 25.8 Å². The SMILES string of the molecule is CCCn1cc(S(=O)(=O)N2CCNC(=O)C2C)c(N)n1. The van der Waals surface area contributed by atoms with Gasteiger partial charge in [0.25, 0.3) is 0 Å². The van der Waals surface area contributed by atoms with Crippen LogP contribution in [0.4, 0.5) is 5.82 Å². The molecule has 0 radical (unpaired) electrons. The summed E-state index contributed by atoms with van der Waals surface area (Å²) in [4.78, 5) is 11.6. The maximum absolute atomic E-state index is 12.6. The summed E-state index contributed by atoms with van der Waals surface area (Å²) in [5.74, 6) is -0.337. The second-order valence-electron chi connectivity index (χ2n) is 4.72. The lowest BCUT2D eigenvalue weighted by Gasteiger charge is -2.31. The van der Waals surface area contributed by atoms with Crippen molar-refractivity contribution in [2.24, 2.45) is 0 Å². The van der Waals surface area contributed by atoms with Gasteiger partial charge in [-0.2, -0.15) is 9.40 Å². The zero-order valence-corrected chi connectivity index (χ0v) is 12.4. The maximum atomic E-state index is 12.6. The molecule has 0 aromatic carbocycles. The van der Waals surface area contributed by atoms with Gasteiger partial charge < -0.3 is 11.1 Å². The third kappa shape index (κ3) is 2.50. The number of nitrogen functional groups attached to an aromatic ring is 1. The van der Waals surface area contributed by atoms with Crippen molar-refractivity contribution in [1.29, 1.82) is 0 Å². The van der Waals surface area contributed by atoms with Gasteiger partial charge in [0.05, 0.1) is 0 Å². The van der Waals surface area contributed by atoms with Gasteiger partial charge in [-0.25, -0.2) is 8.42 Å². The first-order valence-electron chi connectivity index (χ1n) is 6.50. The summed E-state index contributed by atoms with van der Waals surface area (Å²) in [6, 6.07) is -0.748. The van der Waals surface area contributed by atoms with Crippen molar-refractivity contribution in [3.05, 3.63) is 6.20 Å². The molecule has 112 valence electrons. The first-order chi connectivity index (χ1) is 9.37. The number of aromatic nitrogens is 2. The van der Waals surface area contributed by atoms with E-state index in [9.17, 15) is 13.2 Å². The molecule has 1 saturated heterocycles. The van der Waals surface area contributed by atoms with Crippen LogP contribution in [0.25, 0.3) is 0 Å². The molecule has 1 atom stereocenters. The highest BCUT2D eigenvalue weighted by atomic mass is 32.2. The number of carbonyl (C=O) groups is 1. The summed E-state index contributed by atoms with van der Waals surface area (Å²) in [7, 11) is -3.81. The minimum atomic E-state index is -3.81. The molecule has 1 unspecified atom stereocenters. The van der Waals surface area contributed by atoms with Crippen LogP contribution in [0, 0.1) is 0 Å². The highest BCUT2D eigenvalue weighted by Gasteiger charge is 2.37. The molecule has 1 aliphatic heterocycles. The van der Waals surface area contributed by atoms with Crippen molar-refractivity contribution < 1.29 is 13.2 Å². The number of sulfonamides is 1. The molecular weight excluding hydrogens is 282 g/mol. The third-order valence-electron chi connectivity index (χ3n) is 3.24. The smallest absolute Gasteiger partial charge is 0.249 e. The molecule has 9 heteroatoms. The molecule has 1 aromatic heterocycles. The fourth-order valence-corrected chi connectivity index (χ4v) is 3.83. The van der Waals surface area contributed by atoms with Gasteiger partial charge in [0.15, 0.2) is 5.82 Å². The maximum Gasteiger partial charge on any atom is 0.249 e. The fourth-order valence-electron chi connectivity index (χ4n) is 2.18. The van der Waals surface area contributed by atoms with Crippen LogP contribution in [0.5, 0.6) is 0 Å². The molecule has 1 amide bonds. The van der Waals surface area contributed by atoms with E-state index in [2.05, 4.69) is 10.4 Å². The summed E-state index contributed by atoms with van der Waals surface area (Å²) in [6.07, 6.45) is 2.25. The van der Waals surface area contributed by atoms with Crippen molar-refractivity contribution in [3.8, 4) is 0 Å². The van der Waals surface area contributed by atoms with Crippen molar-refractivity contribution in [1.82, 2.24) is 19.4 Å². The van der Waals surface area contributed by atoms with Gasteiger partial charge in [-0.15, -0.1) is 0 Å². The monoisotopic (exact) mass is 301 g/mol. The lowest BCUT2D eigenvalue weighted by atomic mass is 10.2. The molecule has 0 aliphatic carbocycles. The van der Waals surface area contributed by atoms with Crippen LogP contribution < -0.4 is 11.1 Å². The topological polar surface area (TPSA) is 110 Å². The number of piperazine rings is 1. The number of nitrogens with two attached hydrogens (primary N) is 1. The first-order valence-corrected chi connectivity index (χ1v) is 7.94. The predicted molar refractivity (Wildman–Crippen MR) is 73.3 cm³/mol. The Morgan fingerprint density at radius 3 is 2.90 bits per heavy atom. The molecule has 0 bridgehead atoms. The van der Waals surface area contributed by atoms with Gasteiger partial charge >= 0.3 is 0 Å². The molecule has 1 aliphatic rings. The van der Waals surface area contributed by atoms with E-state index in [1.54, 1.807) is 6.92 Å². The number of nitrogens with zero attached hydrogens (tertiary/aromatic N) is 3. The summed E-state index contributed by atoms with van der Waals surface area (Å²) in [5, 5.41) is 6.62. The Hall–Kier alpha value is -1.61. The van der Waals surface area contributed by atoms with Crippen molar-refractivity contribution in [2.45, 2.75) is 37.8 Å². The van der Waals surface area contributed by atoms with Crippen LogP contribution in [0.1, 0.15) is 20.3 Å². The number of hydrogen-bond donors (Lipinski definition) is 2. The van der Waals surface area contributed by atoms with Crippen LogP contribution >= 0.6 is 0 Å². The lowest BCUT2D eigenvalue weighted by Crippen LogP contribution is -2.55. The molecule has 2 heterocycles. The van der Waals surface area contributed by atoms with Gasteiger partial charge in [-0.05, 0) is 13.3 Å². The number of nitrogens with one attached hydrogen (secondary N) is 1. The standard InChI is InChI=1S/C11H19N5O3S/c1-3-5-15-7-9(10(12)14-15)20(18,19)16-6-4-13-11(17)8(16)2/h7-8H,3-6H2,1-2H3,(H2,12,14)(H,13,17). The molecule has 8 nitrogen and oxygen atoms in total. The number of carbonyl (C=O) groups excluding carboxylic acids is 1. The normalized spacial score (nSPS) is 20.9. The molecule has 2 rings (SSSR count). The Morgan fingerprint density at radius 2 is 2.25 bits per heavy atom. The molecule has 1 fully saturated rings. The van der Waals surface area contributed by atoms with E-state index in [0.717, 1.165) is 10.7 Å². The van der Waals surface area contributed by atoms with E-state index in [-0.39, 0.29) is 23.2 Å². The van der Waals surface area contributed by atoms with E-state index in [1.165, 1.54) is 10.9 Å². The average Bonchev–Trinajstić information content (AvgIpc) is 2.75. The molecule has 0 saturated carbocycles. The number of anilines is 1. The third-order valence-corrected chi connectivity index (χ3v) is 5.22. The Labute approximate surface area is 118 Å². The summed E-state index contributed by atoms with van der Waals surface area (Å²) < 4.78 is 27.9. The van der Waals surface area contributed by atoms with Crippen LogP contribution in [0.2, 0.25) is 0 Å². The zero-order chi connectivity index (χ0) is 14.9. The minimum Gasteiger partial charge on any atom is -0.381 e. The van der Waals surface area contributed by atoms with E-state index < -0.39 is 16.1 Å². The van der Waals surface area contributed by atoms with Gasteiger partial charge in [0.1, 0.15) is 10.9 Å². The molecule has 20 heavy (non-hydrogen) atoms. The molecule has 0 spiro atoms. The quantitative estimate of drug-likeness (QED) is 0.770. The Balaban J connectivity index is 2.37. The summed E-state index contributed by atoms with van der Waals surface area (Å²) >= 11 is 0. The van der Waals surface area contributed by atoms with E-state index in [1.807, 2.05) is 6.92 Å². The average molecular weight is 301 g/mol. The van der Waals surface area contributed by atoms with Gasteiger partial charge in [-0.3, -0.25) is 9.48 Å². The molecular formula is C11H19N5O3S. The van der Waals surface area contributed by atoms with Crippen LogP contribution in [-0.2, 0) is 21.4 Å². The van der Waals surface area contributed by atoms with Crippen molar-refractivity contribution in [3.63, 3.8) is 0 Å². The number of rotatable bonds is 4. The Bertz CT molecular complexity index is 610. The van der Waals surface area contributed by atoms with Crippen LogP contribution in [-0.4, -0.2) is 47.5 Å². The molecule has 1 aromatic rings. The number of hydrogen-bond acceptors (Lipinski definition) is 5. The largest absolute Gasteiger partial charge is 0.381 e. The highest BCUT2D eigenvalue weighted by Crippen LogP contribution is 2.24. The van der Waals surface area contributed by atoms with Gasteiger partial charge in [-0.1, -0.05) is 6.92 Å². The van der Waals surface area contributed by atoms with Crippen LogP contribution in [0.15, 0.2) is 11.1 Å². The Kier molecular flexibility index (Phi) is 4.00. The van der Waals surface area contributed by atoms with Crippen LogP contribution in [0.3, 0.4) is 0 Å². The molecule has 3 N–H and O–H groups in total. The summed E-state index contributed by atoms with van der Waals surface area (Å²) in [6.45, 7) is 4.64. The summed E-state index contributed by atoms with van der Waals surface area (Å²) in [5.41, 5.74) is 5.71. The second kappa shape index (κ2) is 5.41. The number of aryl methyl sites for hydroxylation is 1. The second-order valence-corrected chi connectivity index (χ2v) is 6.58. The predicted octanol–water partition coefficient (Wildman–Crippen LogP) is -0.616. The van der Waals surface area contributed by atoms with E-state index >= 15 is 0 Å². The highest BCUT2D eigenvalue weighted by molar-refractivity contribution is 7.89. The number of amides is 1. The fraction of sp³-hybridized carbons (Fsp3) is 0.636. The Morgan fingerprint density at radius 1 is 1.55 bits per heavy atom. The lowest BCUT2D eigenvalue weighted by molar-refractivity contribution is -0.126. The first kappa shape index (κ1) is 14.8. The zero-order valence-electron chi connectivity index (χ0n) is 11.5. The van der Waals surface area contributed by atoms with E-state index in [0.29, 0.717) is 13.1 Å². The van der Waals surface area contributed by atoms with Gasteiger partial charge in [0.2, 0.25) is 15.9 Å². The van der Waals surface area contributed by atoms with Crippen molar-refractivity contribution >= 4 is 21.7 Å².